The largest absolute Gasteiger partial charge is 0.271 e. The number of hydrogen-bond donors (Lipinski definition) is 2. The molecule has 1 aliphatic rings. The summed E-state index contributed by atoms with van der Waals surface area (Å²) in [7, 11) is 0. The van der Waals surface area contributed by atoms with Crippen molar-refractivity contribution in [2.24, 2.45) is 11.8 Å². The minimum atomic E-state index is 0.438. The Morgan fingerprint density at radius 1 is 1.69 bits per heavy atom. The topological polar surface area (TPSA) is 50.9 Å². The van der Waals surface area contributed by atoms with Crippen molar-refractivity contribution in [2.75, 3.05) is 0 Å². The number of aromatic nitrogens is 1. The number of thiazole rings is 1. The summed E-state index contributed by atoms with van der Waals surface area (Å²) in [5.41, 5.74) is 4.77. The van der Waals surface area contributed by atoms with E-state index in [4.69, 9.17) is 5.84 Å². The Hall–Kier alpha value is -0.450. The highest BCUT2D eigenvalue weighted by molar-refractivity contribution is 7.09. The van der Waals surface area contributed by atoms with Crippen LogP contribution in [-0.4, -0.2) is 11.0 Å². The minimum absolute atomic E-state index is 0.438. The van der Waals surface area contributed by atoms with Crippen molar-refractivity contribution < 1.29 is 0 Å². The van der Waals surface area contributed by atoms with Crippen molar-refractivity contribution in [2.45, 2.75) is 31.7 Å². The molecule has 0 saturated heterocycles. The molecule has 72 valence electrons. The summed E-state index contributed by atoms with van der Waals surface area (Å²) in [6.45, 7) is 0. The molecule has 13 heavy (non-hydrogen) atoms. The van der Waals surface area contributed by atoms with Crippen molar-refractivity contribution in [3.8, 4) is 0 Å². The fraction of sp³-hybridized carbons (Fsp3) is 0.667. The standard InChI is InChI=1S/C9H15N3S/c10-12-8(3-7-1-2-7)4-9-5-11-6-13-9/h5-8,12H,1-4,10H2. The Kier molecular flexibility index (Phi) is 2.93. The first-order valence-electron chi connectivity index (χ1n) is 4.72. The number of rotatable bonds is 5. The molecule has 2 rings (SSSR count). The summed E-state index contributed by atoms with van der Waals surface area (Å²) in [5, 5.41) is 0. The average Bonchev–Trinajstić information content (AvgIpc) is 2.80. The number of hydrazine groups is 1. The van der Waals surface area contributed by atoms with Crippen LogP contribution in [0.3, 0.4) is 0 Å². The van der Waals surface area contributed by atoms with Crippen molar-refractivity contribution in [1.82, 2.24) is 10.4 Å². The van der Waals surface area contributed by atoms with E-state index < -0.39 is 0 Å². The van der Waals surface area contributed by atoms with Crippen LogP contribution in [0.2, 0.25) is 0 Å². The molecule has 3 nitrogen and oxygen atoms in total. The lowest BCUT2D eigenvalue weighted by atomic mass is 10.1. The van der Waals surface area contributed by atoms with Crippen LogP contribution in [0.1, 0.15) is 24.1 Å². The number of nitrogens with two attached hydrogens (primary N) is 1. The maximum absolute atomic E-state index is 5.50. The highest BCUT2D eigenvalue weighted by Crippen LogP contribution is 2.34. The molecule has 0 bridgehead atoms. The molecular weight excluding hydrogens is 182 g/mol. The van der Waals surface area contributed by atoms with Gasteiger partial charge in [0, 0.05) is 23.5 Å². The van der Waals surface area contributed by atoms with Crippen molar-refractivity contribution in [3.63, 3.8) is 0 Å². The Bertz CT molecular complexity index is 243. The Morgan fingerprint density at radius 3 is 3.08 bits per heavy atom. The number of nitrogens with one attached hydrogen (secondary N) is 1. The zero-order valence-electron chi connectivity index (χ0n) is 7.57. The summed E-state index contributed by atoms with van der Waals surface area (Å²) in [6, 6.07) is 0.438. The third kappa shape index (κ3) is 2.76. The molecule has 0 aromatic carbocycles. The van der Waals surface area contributed by atoms with Gasteiger partial charge in [0.05, 0.1) is 5.51 Å². The molecule has 1 saturated carbocycles. The monoisotopic (exact) mass is 197 g/mol. The van der Waals surface area contributed by atoms with Crippen LogP contribution in [0.4, 0.5) is 0 Å². The van der Waals surface area contributed by atoms with E-state index in [2.05, 4.69) is 10.4 Å². The third-order valence-corrected chi connectivity index (χ3v) is 3.28. The average molecular weight is 197 g/mol. The van der Waals surface area contributed by atoms with Crippen LogP contribution in [-0.2, 0) is 6.42 Å². The van der Waals surface area contributed by atoms with Crippen molar-refractivity contribution in [3.05, 3.63) is 16.6 Å². The first-order valence-corrected chi connectivity index (χ1v) is 5.60. The van der Waals surface area contributed by atoms with Gasteiger partial charge in [0.1, 0.15) is 0 Å². The van der Waals surface area contributed by atoms with E-state index in [9.17, 15) is 0 Å². The Balaban J connectivity index is 1.82. The van der Waals surface area contributed by atoms with Gasteiger partial charge in [0.2, 0.25) is 0 Å². The summed E-state index contributed by atoms with van der Waals surface area (Å²) >= 11 is 1.71. The normalized spacial score (nSPS) is 18.8. The van der Waals surface area contributed by atoms with Crippen LogP contribution < -0.4 is 11.3 Å². The molecule has 3 N–H and O–H groups in total. The molecule has 1 unspecified atom stereocenters. The summed E-state index contributed by atoms with van der Waals surface area (Å²) < 4.78 is 0. The molecule has 0 radical (unpaired) electrons. The lowest BCUT2D eigenvalue weighted by molar-refractivity contribution is 0.468. The van der Waals surface area contributed by atoms with Crippen molar-refractivity contribution >= 4 is 11.3 Å². The molecule has 0 spiro atoms. The van der Waals surface area contributed by atoms with Gasteiger partial charge in [-0.05, 0) is 12.3 Å². The lowest BCUT2D eigenvalue weighted by Crippen LogP contribution is -2.36. The molecule has 1 aliphatic carbocycles. The SMILES string of the molecule is NNC(Cc1cncs1)CC1CC1. The van der Waals surface area contributed by atoms with Gasteiger partial charge in [-0.1, -0.05) is 12.8 Å². The Labute approximate surface area is 82.3 Å². The van der Waals surface area contributed by atoms with Gasteiger partial charge < -0.3 is 0 Å². The highest BCUT2D eigenvalue weighted by atomic mass is 32.1. The minimum Gasteiger partial charge on any atom is -0.271 e. The molecule has 1 fully saturated rings. The van der Waals surface area contributed by atoms with Crippen LogP contribution in [0.5, 0.6) is 0 Å². The zero-order valence-corrected chi connectivity index (χ0v) is 8.39. The molecule has 0 aliphatic heterocycles. The first kappa shape index (κ1) is 9.12. The number of hydrogen-bond acceptors (Lipinski definition) is 4. The number of nitrogens with zero attached hydrogens (tertiary/aromatic N) is 1. The molecule has 4 heteroatoms. The van der Waals surface area contributed by atoms with Gasteiger partial charge in [0.15, 0.2) is 0 Å². The van der Waals surface area contributed by atoms with Crippen LogP contribution in [0.25, 0.3) is 0 Å². The fourth-order valence-corrected chi connectivity index (χ4v) is 2.23. The van der Waals surface area contributed by atoms with Crippen LogP contribution >= 0.6 is 11.3 Å². The molecular formula is C9H15N3S. The van der Waals surface area contributed by atoms with E-state index >= 15 is 0 Å². The van der Waals surface area contributed by atoms with Crippen LogP contribution in [0.15, 0.2) is 11.7 Å². The molecule has 1 atom stereocenters. The summed E-state index contributed by atoms with van der Waals surface area (Å²) in [6.07, 6.45) is 6.95. The van der Waals surface area contributed by atoms with E-state index in [0.717, 1.165) is 12.3 Å². The fourth-order valence-electron chi connectivity index (χ4n) is 1.55. The lowest BCUT2D eigenvalue weighted by Gasteiger charge is -2.13. The van der Waals surface area contributed by atoms with E-state index in [1.807, 2.05) is 11.7 Å². The van der Waals surface area contributed by atoms with Crippen molar-refractivity contribution in [1.29, 1.82) is 0 Å². The predicted octanol–water partition coefficient (Wildman–Crippen LogP) is 1.32. The maximum Gasteiger partial charge on any atom is 0.0794 e. The predicted molar refractivity (Wildman–Crippen MR) is 54.3 cm³/mol. The second-order valence-electron chi connectivity index (χ2n) is 3.71. The molecule has 0 amide bonds. The highest BCUT2D eigenvalue weighted by Gasteiger charge is 2.25. The molecule has 1 aromatic rings. The van der Waals surface area contributed by atoms with Gasteiger partial charge >= 0.3 is 0 Å². The van der Waals surface area contributed by atoms with E-state index in [-0.39, 0.29) is 0 Å². The van der Waals surface area contributed by atoms with Gasteiger partial charge in [-0.25, -0.2) is 0 Å². The quantitative estimate of drug-likeness (QED) is 0.553. The molecule has 1 aromatic heterocycles. The summed E-state index contributed by atoms with van der Waals surface area (Å²) in [5.74, 6) is 6.42. The zero-order chi connectivity index (χ0) is 9.10. The van der Waals surface area contributed by atoms with E-state index in [1.165, 1.54) is 24.1 Å². The maximum atomic E-state index is 5.50. The Morgan fingerprint density at radius 2 is 2.54 bits per heavy atom. The van der Waals surface area contributed by atoms with Gasteiger partial charge in [0.25, 0.3) is 0 Å². The second kappa shape index (κ2) is 4.17. The smallest absolute Gasteiger partial charge is 0.0794 e. The van der Waals surface area contributed by atoms with E-state index in [0.29, 0.717) is 6.04 Å². The molecule has 1 heterocycles. The first-order chi connectivity index (χ1) is 6.38. The summed E-state index contributed by atoms with van der Waals surface area (Å²) in [4.78, 5) is 5.38. The van der Waals surface area contributed by atoms with Crippen LogP contribution in [0, 0.1) is 5.92 Å². The second-order valence-corrected chi connectivity index (χ2v) is 4.69. The third-order valence-electron chi connectivity index (χ3n) is 2.48. The van der Waals surface area contributed by atoms with Gasteiger partial charge in [-0.2, -0.15) is 0 Å². The van der Waals surface area contributed by atoms with E-state index in [1.54, 1.807) is 11.3 Å². The van der Waals surface area contributed by atoms with Gasteiger partial charge in [-0.3, -0.25) is 16.3 Å². The van der Waals surface area contributed by atoms with Gasteiger partial charge in [-0.15, -0.1) is 11.3 Å².